The van der Waals surface area contributed by atoms with E-state index in [4.69, 9.17) is 18.1 Å². The van der Waals surface area contributed by atoms with Gasteiger partial charge in [-0.3, -0.25) is 0 Å². The fraction of sp³-hybridized carbons (Fsp3) is 0.875. The predicted octanol–water partition coefficient (Wildman–Crippen LogP) is 0.904. The van der Waals surface area contributed by atoms with Crippen LogP contribution in [0, 0.1) is 5.92 Å². The molecule has 0 atom stereocenters. The second kappa shape index (κ2) is 5.32. The van der Waals surface area contributed by atoms with Gasteiger partial charge in [0.05, 0.1) is 0 Å². The quantitative estimate of drug-likeness (QED) is 0.341. The van der Waals surface area contributed by atoms with E-state index in [1.54, 1.807) is 0 Å². The van der Waals surface area contributed by atoms with Gasteiger partial charge in [0.2, 0.25) is 0 Å². The summed E-state index contributed by atoms with van der Waals surface area (Å²) in [6.45, 7) is 0.975. The highest BCUT2D eigenvalue weighted by molar-refractivity contribution is 7.80. The van der Waals surface area contributed by atoms with Gasteiger partial charge in [0.25, 0.3) is 0 Å². The van der Waals surface area contributed by atoms with Crippen LogP contribution >= 0.6 is 12.2 Å². The minimum Gasteiger partial charge on any atom is -0.361 e. The zero-order valence-corrected chi connectivity index (χ0v) is 8.12. The summed E-state index contributed by atoms with van der Waals surface area (Å²) in [5.41, 5.74) is 2.42. The maximum atomic E-state index is 5.13. The standard InChI is InChI=1S/C8H17N3S/c9-11-8(12)10-6-7-4-2-1-3-5-7/h7H,1-6,9H2,(H2,10,11,12). The SMILES string of the molecule is NNC(=S)NCC1CCCCC1. The van der Waals surface area contributed by atoms with Crippen LogP contribution in [-0.2, 0) is 0 Å². The van der Waals surface area contributed by atoms with E-state index < -0.39 is 0 Å². The molecule has 12 heavy (non-hydrogen) atoms. The lowest BCUT2D eigenvalue weighted by Crippen LogP contribution is -2.41. The second-order valence-corrected chi connectivity index (χ2v) is 3.77. The number of rotatable bonds is 2. The van der Waals surface area contributed by atoms with Crippen molar-refractivity contribution in [1.29, 1.82) is 0 Å². The molecule has 0 aliphatic heterocycles. The third-order valence-electron chi connectivity index (χ3n) is 2.41. The van der Waals surface area contributed by atoms with Crippen molar-refractivity contribution in [2.24, 2.45) is 11.8 Å². The molecule has 4 heteroatoms. The third-order valence-corrected chi connectivity index (χ3v) is 2.67. The van der Waals surface area contributed by atoms with Gasteiger partial charge in [-0.2, -0.15) is 0 Å². The molecular formula is C8H17N3S. The highest BCUT2D eigenvalue weighted by atomic mass is 32.1. The number of nitrogens with two attached hydrogens (primary N) is 1. The summed E-state index contributed by atoms with van der Waals surface area (Å²) in [6, 6.07) is 0. The van der Waals surface area contributed by atoms with Crippen molar-refractivity contribution in [3.63, 3.8) is 0 Å². The van der Waals surface area contributed by atoms with Crippen LogP contribution < -0.4 is 16.6 Å². The van der Waals surface area contributed by atoms with Gasteiger partial charge < -0.3 is 10.7 Å². The molecular weight excluding hydrogens is 170 g/mol. The molecule has 0 amide bonds. The summed E-state index contributed by atoms with van der Waals surface area (Å²) >= 11 is 4.88. The van der Waals surface area contributed by atoms with Crippen LogP contribution in [0.3, 0.4) is 0 Å². The molecule has 3 nitrogen and oxygen atoms in total. The van der Waals surface area contributed by atoms with Crippen molar-refractivity contribution in [3.05, 3.63) is 0 Å². The van der Waals surface area contributed by atoms with Crippen LogP contribution in [0.25, 0.3) is 0 Å². The lowest BCUT2D eigenvalue weighted by atomic mass is 9.89. The van der Waals surface area contributed by atoms with Crippen molar-refractivity contribution in [2.75, 3.05) is 6.54 Å². The molecule has 1 saturated carbocycles. The summed E-state index contributed by atoms with van der Waals surface area (Å²) in [4.78, 5) is 0. The average Bonchev–Trinajstić information content (AvgIpc) is 2.16. The Balaban J connectivity index is 2.09. The summed E-state index contributed by atoms with van der Waals surface area (Å²) in [5.74, 6) is 5.93. The maximum Gasteiger partial charge on any atom is 0.180 e. The predicted molar refractivity (Wildman–Crippen MR) is 54.5 cm³/mol. The van der Waals surface area contributed by atoms with E-state index in [1.165, 1.54) is 32.1 Å². The van der Waals surface area contributed by atoms with Crippen molar-refractivity contribution >= 4 is 17.3 Å². The lowest BCUT2D eigenvalue weighted by Gasteiger charge is -2.22. The number of hydrazine groups is 1. The van der Waals surface area contributed by atoms with E-state index in [-0.39, 0.29) is 0 Å². The third kappa shape index (κ3) is 3.36. The molecule has 1 aliphatic rings. The van der Waals surface area contributed by atoms with Crippen molar-refractivity contribution in [3.8, 4) is 0 Å². The molecule has 4 N–H and O–H groups in total. The fourth-order valence-electron chi connectivity index (χ4n) is 1.68. The second-order valence-electron chi connectivity index (χ2n) is 3.36. The Hall–Kier alpha value is -0.350. The topological polar surface area (TPSA) is 50.1 Å². The fourth-order valence-corrected chi connectivity index (χ4v) is 1.76. The molecule has 70 valence electrons. The lowest BCUT2D eigenvalue weighted by molar-refractivity contribution is 0.356. The molecule has 0 aromatic rings. The summed E-state index contributed by atoms with van der Waals surface area (Å²) < 4.78 is 0. The maximum absolute atomic E-state index is 5.13. The summed E-state index contributed by atoms with van der Waals surface area (Å²) in [6.07, 6.45) is 6.81. The van der Waals surface area contributed by atoms with Gasteiger partial charge in [-0.05, 0) is 31.0 Å². The Labute approximate surface area is 79.1 Å². The van der Waals surface area contributed by atoms with E-state index in [9.17, 15) is 0 Å². The number of hydrogen-bond donors (Lipinski definition) is 3. The zero-order valence-electron chi connectivity index (χ0n) is 7.31. The zero-order chi connectivity index (χ0) is 8.81. The van der Waals surface area contributed by atoms with Crippen molar-refractivity contribution in [2.45, 2.75) is 32.1 Å². The van der Waals surface area contributed by atoms with Crippen LogP contribution in [0.2, 0.25) is 0 Å². The van der Waals surface area contributed by atoms with E-state index in [0.29, 0.717) is 5.11 Å². The van der Waals surface area contributed by atoms with E-state index >= 15 is 0 Å². The van der Waals surface area contributed by atoms with E-state index in [1.807, 2.05) is 0 Å². The minimum atomic E-state index is 0.556. The highest BCUT2D eigenvalue weighted by Crippen LogP contribution is 2.22. The first kappa shape index (κ1) is 9.74. The highest BCUT2D eigenvalue weighted by Gasteiger charge is 2.12. The largest absolute Gasteiger partial charge is 0.361 e. The summed E-state index contributed by atoms with van der Waals surface area (Å²) in [7, 11) is 0. The van der Waals surface area contributed by atoms with Gasteiger partial charge in [0.15, 0.2) is 5.11 Å². The molecule has 1 rings (SSSR count). The van der Waals surface area contributed by atoms with Crippen LogP contribution in [0.5, 0.6) is 0 Å². The number of nitrogens with one attached hydrogen (secondary N) is 2. The first-order valence-electron chi connectivity index (χ1n) is 4.57. The Kier molecular flexibility index (Phi) is 4.32. The Morgan fingerprint density at radius 1 is 1.33 bits per heavy atom. The van der Waals surface area contributed by atoms with E-state index in [2.05, 4.69) is 10.7 Å². The monoisotopic (exact) mass is 187 g/mol. The van der Waals surface area contributed by atoms with Crippen LogP contribution in [-0.4, -0.2) is 11.7 Å². The molecule has 0 unspecified atom stereocenters. The van der Waals surface area contributed by atoms with Crippen molar-refractivity contribution in [1.82, 2.24) is 10.7 Å². The Morgan fingerprint density at radius 3 is 2.58 bits per heavy atom. The molecule has 0 aromatic heterocycles. The first-order chi connectivity index (χ1) is 5.83. The Morgan fingerprint density at radius 2 is 2.00 bits per heavy atom. The summed E-state index contributed by atoms with van der Waals surface area (Å²) in [5, 5.41) is 3.65. The van der Waals surface area contributed by atoms with Gasteiger partial charge in [0.1, 0.15) is 0 Å². The van der Waals surface area contributed by atoms with Crippen LogP contribution in [0.1, 0.15) is 32.1 Å². The van der Waals surface area contributed by atoms with Gasteiger partial charge in [0, 0.05) is 6.54 Å². The van der Waals surface area contributed by atoms with E-state index in [0.717, 1.165) is 12.5 Å². The Bertz CT molecular complexity index is 143. The molecule has 0 heterocycles. The van der Waals surface area contributed by atoms with Crippen LogP contribution in [0.15, 0.2) is 0 Å². The van der Waals surface area contributed by atoms with Gasteiger partial charge in [-0.15, -0.1) is 0 Å². The van der Waals surface area contributed by atoms with Crippen molar-refractivity contribution < 1.29 is 0 Å². The first-order valence-corrected chi connectivity index (χ1v) is 4.98. The minimum absolute atomic E-state index is 0.556. The molecule has 1 fully saturated rings. The van der Waals surface area contributed by atoms with Gasteiger partial charge in [-0.25, -0.2) is 5.84 Å². The normalized spacial score (nSPS) is 18.8. The number of thiocarbonyl (C=S) groups is 1. The van der Waals surface area contributed by atoms with Gasteiger partial charge >= 0.3 is 0 Å². The molecule has 0 saturated heterocycles. The molecule has 0 aromatic carbocycles. The molecule has 0 radical (unpaired) electrons. The van der Waals surface area contributed by atoms with Crippen LogP contribution in [0.4, 0.5) is 0 Å². The molecule has 0 bridgehead atoms. The smallest absolute Gasteiger partial charge is 0.180 e. The average molecular weight is 187 g/mol. The molecule has 1 aliphatic carbocycles. The number of hydrogen-bond acceptors (Lipinski definition) is 2. The van der Waals surface area contributed by atoms with Gasteiger partial charge in [-0.1, -0.05) is 19.3 Å². The molecule has 0 spiro atoms.